The van der Waals surface area contributed by atoms with Gasteiger partial charge < -0.3 is 18.0 Å². The summed E-state index contributed by atoms with van der Waals surface area (Å²) < 4.78 is 21.1. The van der Waals surface area contributed by atoms with Gasteiger partial charge in [-0.25, -0.2) is 19.8 Å². The van der Waals surface area contributed by atoms with Gasteiger partial charge in [-0.2, -0.15) is 0 Å². The van der Waals surface area contributed by atoms with Gasteiger partial charge in [-0.15, -0.1) is 11.3 Å². The summed E-state index contributed by atoms with van der Waals surface area (Å²) >= 11 is 1.76. The van der Waals surface area contributed by atoms with Crippen molar-refractivity contribution in [1.82, 2.24) is 24.1 Å². The maximum atomic E-state index is 9.65. The minimum Gasteiger partial charge on any atom is -0.455 e. The molecule has 9 heteroatoms. The molecule has 0 atom stereocenters. The fourth-order valence-electron chi connectivity index (χ4n) is 14.2. The fourth-order valence-corrected chi connectivity index (χ4v) is 15.3. The van der Waals surface area contributed by atoms with Crippen molar-refractivity contribution in [1.29, 1.82) is 0 Å². The number of hydrogen-bond donors (Lipinski definition) is 0. The van der Waals surface area contributed by atoms with Gasteiger partial charge >= 0.3 is 0 Å². The van der Waals surface area contributed by atoms with Gasteiger partial charge in [0.2, 0.25) is 5.69 Å². The zero-order valence-corrected chi connectivity index (χ0v) is 49.3. The zero-order valence-electron chi connectivity index (χ0n) is 48.5. The molecule has 0 aliphatic carbocycles. The summed E-state index contributed by atoms with van der Waals surface area (Å²) in [4.78, 5) is 21.4. The van der Waals surface area contributed by atoms with Crippen LogP contribution in [0.2, 0.25) is 0 Å². The first-order chi connectivity index (χ1) is 45.1. The van der Waals surface area contributed by atoms with Crippen LogP contribution in [0, 0.1) is 6.57 Å². The predicted octanol–water partition coefficient (Wildman–Crippen LogP) is 22.8. The summed E-state index contributed by atoms with van der Waals surface area (Å²) in [6, 6.07) is 97.6. The molecule has 0 amide bonds. The summed E-state index contributed by atoms with van der Waals surface area (Å²) in [6.45, 7) is 9.65. The lowest BCUT2D eigenvalue weighted by molar-refractivity contribution is 0.672. The third-order valence-electron chi connectivity index (χ3n) is 18.2. The van der Waals surface area contributed by atoms with Gasteiger partial charge in [-0.1, -0.05) is 200 Å². The number of thiophene rings is 1. The Labute approximate surface area is 523 Å². The minimum atomic E-state index is 0.397. The number of hydrogen-bond acceptors (Lipinski definition) is 6. The maximum absolute atomic E-state index is 9.65. The zero-order chi connectivity index (χ0) is 59.8. The van der Waals surface area contributed by atoms with Gasteiger partial charge in [0.05, 0.1) is 50.8 Å². The van der Waals surface area contributed by atoms with E-state index in [-0.39, 0.29) is 0 Å². The van der Waals surface area contributed by atoms with Crippen LogP contribution in [0.1, 0.15) is 0 Å². The molecule has 0 radical (unpaired) electrons. The Bertz CT molecular complexity index is 6270. The average Bonchev–Trinajstić information content (AvgIpc) is 1.59. The van der Waals surface area contributed by atoms with Crippen molar-refractivity contribution in [3.8, 4) is 78.9 Å². The highest BCUT2D eigenvalue weighted by Gasteiger charge is 2.32. The van der Waals surface area contributed by atoms with Crippen LogP contribution in [0.25, 0.3) is 191 Å². The molecule has 422 valence electrons. The molecule has 0 bridgehead atoms. The molecule has 13 aromatic carbocycles. The quantitative estimate of drug-likeness (QED) is 0.142. The molecule has 0 saturated heterocycles. The van der Waals surface area contributed by atoms with Crippen molar-refractivity contribution in [3.63, 3.8) is 0 Å². The summed E-state index contributed by atoms with van der Waals surface area (Å²) in [7, 11) is 0. The Morgan fingerprint density at radius 3 is 1.35 bits per heavy atom. The van der Waals surface area contributed by atoms with E-state index in [0.717, 1.165) is 153 Å². The van der Waals surface area contributed by atoms with Crippen LogP contribution in [-0.2, 0) is 0 Å². The monoisotopic (exact) mass is 1180 g/mol. The van der Waals surface area contributed by atoms with Gasteiger partial charge in [0, 0.05) is 74.7 Å². The van der Waals surface area contributed by atoms with Gasteiger partial charge in [-0.3, -0.25) is 0 Å². The van der Waals surface area contributed by atoms with E-state index >= 15 is 0 Å². The second-order valence-electron chi connectivity index (χ2n) is 23.2. The molecule has 0 saturated carbocycles. The van der Waals surface area contributed by atoms with Crippen LogP contribution >= 0.6 is 11.3 Å². The summed E-state index contributed by atoms with van der Waals surface area (Å²) in [6.07, 6.45) is 0. The Morgan fingerprint density at radius 2 is 0.780 bits per heavy atom. The van der Waals surface area contributed by atoms with E-state index in [1.165, 1.54) is 4.70 Å². The molecule has 91 heavy (non-hydrogen) atoms. The van der Waals surface area contributed by atoms with Crippen LogP contribution in [0.5, 0.6) is 0 Å². The van der Waals surface area contributed by atoms with E-state index in [1.807, 2.05) is 60.7 Å². The van der Waals surface area contributed by atoms with Crippen molar-refractivity contribution in [2.24, 2.45) is 0 Å². The molecule has 19 rings (SSSR count). The standard InChI is InChI=1S/C82H46N6O2S/c1-83-63-47-62(82-85-80(51-27-12-5-13-28-51)84-81(86-82)59-32-20-36-71-73(59)58-31-16-19-35-70(58)91-71)76(87-64-41-37-52(48-21-6-2-7-22-48)45-60(64)74-66(87)43-39-56-54-29-14-17-33-68(54)89-78(56)74)72(50-25-10-4-11-26-50)77(63)88-65-42-38-53(49-23-8-3-9-24-49)46-61(65)75-67(88)44-40-57-55-30-15-18-34-69(55)90-79(57)75/h2-47H. The lowest BCUT2D eigenvalue weighted by Crippen LogP contribution is -2.08. The first kappa shape index (κ1) is 50.9. The Balaban J connectivity index is 1.02. The molecule has 19 aromatic rings. The lowest BCUT2D eigenvalue weighted by Gasteiger charge is -2.24. The topological polar surface area (TPSA) is 79.2 Å². The number of nitrogens with zero attached hydrogens (tertiary/aromatic N) is 6. The first-order valence-electron chi connectivity index (χ1n) is 30.3. The van der Waals surface area contributed by atoms with Crippen LogP contribution in [0.4, 0.5) is 5.69 Å². The highest BCUT2D eigenvalue weighted by Crippen LogP contribution is 2.53. The highest BCUT2D eigenvalue weighted by molar-refractivity contribution is 7.26. The smallest absolute Gasteiger partial charge is 0.212 e. The van der Waals surface area contributed by atoms with Gasteiger partial charge in [-0.05, 0) is 107 Å². The molecule has 8 nitrogen and oxygen atoms in total. The van der Waals surface area contributed by atoms with Crippen LogP contribution in [0.3, 0.4) is 0 Å². The van der Waals surface area contributed by atoms with Crippen LogP contribution in [-0.4, -0.2) is 24.1 Å². The third-order valence-corrected chi connectivity index (χ3v) is 19.3. The van der Waals surface area contributed by atoms with Crippen LogP contribution in [0.15, 0.2) is 288 Å². The molecule has 0 unspecified atom stereocenters. The number of rotatable bonds is 8. The Morgan fingerprint density at radius 1 is 0.319 bits per heavy atom. The molecular weight excluding hydrogens is 1130 g/mol. The number of furan rings is 2. The normalized spacial score (nSPS) is 11.9. The Kier molecular flexibility index (Phi) is 11.1. The molecule has 0 spiro atoms. The first-order valence-corrected chi connectivity index (χ1v) is 31.2. The van der Waals surface area contributed by atoms with Gasteiger partial charge in [0.1, 0.15) is 22.3 Å². The fraction of sp³-hybridized carbons (Fsp3) is 0. The Hall–Kier alpha value is -12.2. The predicted molar refractivity (Wildman–Crippen MR) is 375 cm³/mol. The number of benzene rings is 13. The van der Waals surface area contributed by atoms with Gasteiger partial charge in [0.15, 0.2) is 17.5 Å². The average molecular weight is 1180 g/mol. The van der Waals surface area contributed by atoms with E-state index in [9.17, 15) is 6.57 Å². The molecule has 6 aromatic heterocycles. The van der Waals surface area contributed by atoms with Crippen molar-refractivity contribution in [2.45, 2.75) is 0 Å². The molecular formula is C82H46N6O2S. The summed E-state index contributed by atoms with van der Waals surface area (Å²) in [5.41, 5.74) is 17.0. The highest BCUT2D eigenvalue weighted by atomic mass is 32.1. The maximum Gasteiger partial charge on any atom is 0.212 e. The molecule has 0 fully saturated rings. The number of para-hydroxylation sites is 2. The SMILES string of the molecule is [C-]#[N+]c1cc(-c2nc(-c3ccccc3)nc(-c3cccc4sc5ccccc5c34)n2)c(-n2c3ccc(-c4ccccc4)cc3c3c4oc5ccccc5c4ccc32)c(-c2ccccc2)c1-n1c2ccc(-c3ccccc3)cc2c2c3oc4ccccc4c3ccc21. The number of fused-ring (bicyclic) bond motifs is 17. The van der Waals surface area contributed by atoms with Crippen molar-refractivity contribution in [3.05, 3.63) is 290 Å². The molecule has 6 heterocycles. The molecule has 0 aliphatic heterocycles. The summed E-state index contributed by atoms with van der Waals surface area (Å²) in [5, 5.41) is 10.2. The van der Waals surface area contributed by atoms with E-state index < -0.39 is 0 Å². The van der Waals surface area contributed by atoms with E-state index in [2.05, 4.69) is 232 Å². The third kappa shape index (κ3) is 7.70. The van der Waals surface area contributed by atoms with E-state index in [1.54, 1.807) is 11.3 Å². The van der Waals surface area contributed by atoms with Gasteiger partial charge in [0.25, 0.3) is 0 Å². The van der Waals surface area contributed by atoms with Crippen molar-refractivity contribution < 1.29 is 8.83 Å². The van der Waals surface area contributed by atoms with E-state index in [4.69, 9.17) is 23.8 Å². The van der Waals surface area contributed by atoms with Crippen molar-refractivity contribution >= 4 is 125 Å². The number of aromatic nitrogens is 5. The lowest BCUT2D eigenvalue weighted by atomic mass is 9.94. The largest absolute Gasteiger partial charge is 0.455 e. The van der Waals surface area contributed by atoms with E-state index in [0.29, 0.717) is 34.4 Å². The van der Waals surface area contributed by atoms with Crippen LogP contribution < -0.4 is 0 Å². The molecule has 0 aliphatic rings. The van der Waals surface area contributed by atoms with Crippen molar-refractivity contribution in [2.75, 3.05) is 0 Å². The minimum absolute atomic E-state index is 0.397. The summed E-state index contributed by atoms with van der Waals surface area (Å²) in [5.74, 6) is 1.43. The molecule has 0 N–H and O–H groups in total. The second-order valence-corrected chi connectivity index (χ2v) is 24.3. The second kappa shape index (κ2) is 19.9.